The van der Waals surface area contributed by atoms with Gasteiger partial charge < -0.3 is 34.3 Å². The number of amides is 2. The van der Waals surface area contributed by atoms with E-state index in [9.17, 15) is 14.4 Å². The van der Waals surface area contributed by atoms with E-state index < -0.39 is 23.8 Å². The molecule has 0 radical (unpaired) electrons. The molecule has 2 aromatic rings. The first-order chi connectivity index (χ1) is 18.1. The Kier molecular flexibility index (Phi) is 12.0. The second-order valence-electron chi connectivity index (χ2n) is 8.91. The Labute approximate surface area is 223 Å². The molecule has 10 heteroatoms. The van der Waals surface area contributed by atoms with Crippen molar-refractivity contribution in [3.63, 3.8) is 0 Å². The van der Waals surface area contributed by atoms with Crippen LogP contribution < -0.4 is 24.8 Å². The molecule has 2 amide bonds. The molecule has 0 fully saturated rings. The molecule has 10 nitrogen and oxygen atoms in total. The van der Waals surface area contributed by atoms with Crippen LogP contribution in [-0.2, 0) is 14.3 Å². The molecule has 2 N–H and O–H groups in total. The first-order valence-corrected chi connectivity index (χ1v) is 12.3. The van der Waals surface area contributed by atoms with Gasteiger partial charge in [-0.05, 0) is 70.0 Å². The van der Waals surface area contributed by atoms with Crippen LogP contribution in [0.15, 0.2) is 42.5 Å². The standard InChI is InChI=1S/C28H36N2O8/c1-6-34-23-16-21(17-24(18-23)35-7-2)9-8-20-10-12-22(13-11-20)37-27(33)36-15-14-29-25(31)19-30-26(32)38-28(3,4)5/h8-13,16-18H,6-7,14-15,19H2,1-5H3,(H,29,31)(H,30,32)/b9-8+. The summed E-state index contributed by atoms with van der Waals surface area (Å²) in [6.45, 7) is 9.84. The smallest absolute Gasteiger partial charge is 0.494 e. The highest BCUT2D eigenvalue weighted by Gasteiger charge is 2.16. The fourth-order valence-corrected chi connectivity index (χ4v) is 3.01. The van der Waals surface area contributed by atoms with Gasteiger partial charge >= 0.3 is 12.2 Å². The number of ether oxygens (including phenoxy) is 5. The van der Waals surface area contributed by atoms with E-state index >= 15 is 0 Å². The minimum Gasteiger partial charge on any atom is -0.494 e. The Morgan fingerprint density at radius 1 is 0.816 bits per heavy atom. The van der Waals surface area contributed by atoms with Crippen LogP contribution in [0.5, 0.6) is 17.2 Å². The van der Waals surface area contributed by atoms with E-state index in [1.807, 2.05) is 44.2 Å². The van der Waals surface area contributed by atoms with Gasteiger partial charge in [-0.25, -0.2) is 9.59 Å². The molecule has 0 aliphatic carbocycles. The van der Waals surface area contributed by atoms with Crippen molar-refractivity contribution < 1.29 is 38.1 Å². The van der Waals surface area contributed by atoms with Crippen LogP contribution in [0.1, 0.15) is 45.7 Å². The van der Waals surface area contributed by atoms with Crippen molar-refractivity contribution in [2.24, 2.45) is 0 Å². The third-order valence-electron chi connectivity index (χ3n) is 4.51. The summed E-state index contributed by atoms with van der Waals surface area (Å²) < 4.78 is 26.4. The number of alkyl carbamates (subject to hydrolysis) is 1. The second kappa shape index (κ2) is 15.1. The Bertz CT molecular complexity index is 1070. The van der Waals surface area contributed by atoms with Crippen molar-refractivity contribution in [3.8, 4) is 17.2 Å². The molecule has 206 valence electrons. The van der Waals surface area contributed by atoms with Crippen molar-refractivity contribution in [3.05, 3.63) is 53.6 Å². The fraction of sp³-hybridized carbons (Fsp3) is 0.393. The zero-order chi connectivity index (χ0) is 28.0. The molecule has 0 aliphatic rings. The van der Waals surface area contributed by atoms with Gasteiger partial charge in [-0.2, -0.15) is 0 Å². The van der Waals surface area contributed by atoms with Crippen molar-refractivity contribution in [2.75, 3.05) is 32.9 Å². The van der Waals surface area contributed by atoms with E-state index in [0.29, 0.717) is 19.0 Å². The molecule has 0 aliphatic heterocycles. The summed E-state index contributed by atoms with van der Waals surface area (Å²) in [6.07, 6.45) is 2.27. The largest absolute Gasteiger partial charge is 0.513 e. The van der Waals surface area contributed by atoms with E-state index in [4.69, 9.17) is 23.7 Å². The van der Waals surface area contributed by atoms with Gasteiger partial charge in [-0.3, -0.25) is 4.79 Å². The second-order valence-corrected chi connectivity index (χ2v) is 8.91. The number of nitrogens with one attached hydrogen (secondary N) is 2. The number of hydrogen-bond acceptors (Lipinski definition) is 8. The quantitative estimate of drug-likeness (QED) is 0.174. The van der Waals surface area contributed by atoms with Crippen molar-refractivity contribution in [2.45, 2.75) is 40.2 Å². The molecule has 0 atom stereocenters. The van der Waals surface area contributed by atoms with Crippen molar-refractivity contribution in [1.82, 2.24) is 10.6 Å². The van der Waals surface area contributed by atoms with E-state index in [2.05, 4.69) is 10.6 Å². The predicted octanol–water partition coefficient (Wildman–Crippen LogP) is 4.81. The van der Waals surface area contributed by atoms with E-state index in [1.165, 1.54) is 0 Å². The third-order valence-corrected chi connectivity index (χ3v) is 4.51. The normalized spacial score (nSPS) is 11.0. The van der Waals surface area contributed by atoms with Gasteiger partial charge in [-0.15, -0.1) is 0 Å². The van der Waals surface area contributed by atoms with E-state index in [-0.39, 0.29) is 19.7 Å². The van der Waals surface area contributed by atoms with Crippen molar-refractivity contribution >= 4 is 30.3 Å². The summed E-state index contributed by atoms with van der Waals surface area (Å²) in [7, 11) is 0. The maximum absolute atomic E-state index is 11.9. The maximum atomic E-state index is 11.9. The van der Waals surface area contributed by atoms with Crippen LogP contribution in [0.4, 0.5) is 9.59 Å². The number of benzene rings is 2. The maximum Gasteiger partial charge on any atom is 0.513 e. The summed E-state index contributed by atoms with van der Waals surface area (Å²) >= 11 is 0. The van der Waals surface area contributed by atoms with Crippen LogP contribution >= 0.6 is 0 Å². The molecule has 38 heavy (non-hydrogen) atoms. The first-order valence-electron chi connectivity index (χ1n) is 12.3. The van der Waals surface area contributed by atoms with Crippen LogP contribution in [0, 0.1) is 0 Å². The molecule has 2 rings (SSSR count). The molecule has 0 unspecified atom stereocenters. The third kappa shape index (κ3) is 12.2. The predicted molar refractivity (Wildman–Crippen MR) is 143 cm³/mol. The summed E-state index contributed by atoms with van der Waals surface area (Å²) in [4.78, 5) is 35.2. The summed E-state index contributed by atoms with van der Waals surface area (Å²) in [6, 6.07) is 12.6. The first kappa shape index (κ1) is 30.0. The molecule has 0 saturated heterocycles. The van der Waals surface area contributed by atoms with Gasteiger partial charge in [0.25, 0.3) is 0 Å². The number of carbonyl (C=O) groups is 3. The Morgan fingerprint density at radius 3 is 2.00 bits per heavy atom. The van der Waals surface area contributed by atoms with Crippen molar-refractivity contribution in [1.29, 1.82) is 0 Å². The summed E-state index contributed by atoms with van der Waals surface area (Å²) in [5.41, 5.74) is 1.17. The zero-order valence-electron chi connectivity index (χ0n) is 22.5. The highest BCUT2D eigenvalue weighted by atomic mass is 16.7. The van der Waals surface area contributed by atoms with Crippen LogP contribution in [0.3, 0.4) is 0 Å². The SMILES string of the molecule is CCOc1cc(/C=C/c2ccc(OC(=O)OCCNC(=O)CNC(=O)OC(C)(C)C)cc2)cc(OCC)c1. The van der Waals surface area contributed by atoms with Crippen LogP contribution in [0.25, 0.3) is 12.2 Å². The summed E-state index contributed by atoms with van der Waals surface area (Å²) in [5.74, 6) is 1.33. The van der Waals surface area contributed by atoms with Crippen LogP contribution in [0.2, 0.25) is 0 Å². The zero-order valence-corrected chi connectivity index (χ0v) is 22.5. The molecule has 0 bridgehead atoms. The monoisotopic (exact) mass is 528 g/mol. The Hall–Kier alpha value is -4.21. The minimum absolute atomic E-state index is 0.0587. The lowest BCUT2D eigenvalue weighted by molar-refractivity contribution is -0.120. The molecule has 0 saturated carbocycles. The Balaban J connectivity index is 1.75. The molecule has 2 aromatic carbocycles. The topological polar surface area (TPSA) is 121 Å². The lowest BCUT2D eigenvalue weighted by Crippen LogP contribution is -2.40. The lowest BCUT2D eigenvalue weighted by Gasteiger charge is -2.19. The molecule has 0 aromatic heterocycles. The number of rotatable bonds is 12. The van der Waals surface area contributed by atoms with Gasteiger partial charge in [0.15, 0.2) is 0 Å². The molecule has 0 heterocycles. The highest BCUT2D eigenvalue weighted by Crippen LogP contribution is 2.25. The summed E-state index contributed by atoms with van der Waals surface area (Å²) in [5, 5.41) is 4.85. The van der Waals surface area contributed by atoms with Gasteiger partial charge in [0, 0.05) is 6.07 Å². The average Bonchev–Trinajstić information content (AvgIpc) is 2.84. The minimum atomic E-state index is -0.898. The number of carbonyl (C=O) groups excluding carboxylic acids is 3. The van der Waals surface area contributed by atoms with Gasteiger partial charge in [-0.1, -0.05) is 24.3 Å². The molecular weight excluding hydrogens is 492 g/mol. The highest BCUT2D eigenvalue weighted by molar-refractivity contribution is 5.82. The molecule has 0 spiro atoms. The van der Waals surface area contributed by atoms with E-state index in [0.717, 1.165) is 22.6 Å². The molecular formula is C28H36N2O8. The van der Waals surface area contributed by atoms with Gasteiger partial charge in [0.05, 0.1) is 26.3 Å². The van der Waals surface area contributed by atoms with Crippen LogP contribution in [-0.4, -0.2) is 56.7 Å². The number of hydrogen-bond donors (Lipinski definition) is 2. The average molecular weight is 529 g/mol. The lowest BCUT2D eigenvalue weighted by atomic mass is 10.1. The van der Waals surface area contributed by atoms with Gasteiger partial charge in [0.2, 0.25) is 5.91 Å². The fourth-order valence-electron chi connectivity index (χ4n) is 3.01. The van der Waals surface area contributed by atoms with E-state index in [1.54, 1.807) is 45.0 Å². The Morgan fingerprint density at radius 2 is 1.42 bits per heavy atom. The van der Waals surface area contributed by atoms with Gasteiger partial charge in [0.1, 0.15) is 29.5 Å².